The Bertz CT molecular complexity index is 739. The van der Waals surface area contributed by atoms with Crippen LogP contribution in [0.15, 0.2) is 41.8 Å². The molecule has 0 bridgehead atoms. The number of nitriles is 1. The second-order valence-corrected chi connectivity index (χ2v) is 4.97. The maximum absolute atomic E-state index is 9.51. The minimum absolute atomic E-state index is 0.109. The molecule has 0 saturated carbocycles. The summed E-state index contributed by atoms with van der Waals surface area (Å²) < 4.78 is 5.47. The molecule has 0 aliphatic carbocycles. The van der Waals surface area contributed by atoms with E-state index in [0.29, 0.717) is 11.5 Å². The lowest BCUT2D eigenvalue weighted by Gasteiger charge is -2.33. The molecule has 3 N–H and O–H groups in total. The number of H-pyrrole nitrogens is 1. The van der Waals surface area contributed by atoms with Gasteiger partial charge in [-0.15, -0.1) is 5.10 Å². The number of rotatable bonds is 1. The summed E-state index contributed by atoms with van der Waals surface area (Å²) >= 11 is 0. The molecule has 5 nitrogen and oxygen atoms in total. The van der Waals surface area contributed by atoms with Gasteiger partial charge < -0.3 is 10.5 Å². The Morgan fingerprint density at radius 2 is 2.05 bits per heavy atom. The van der Waals surface area contributed by atoms with Gasteiger partial charge in [0.05, 0.1) is 11.0 Å². The van der Waals surface area contributed by atoms with Crippen LogP contribution in [0.25, 0.3) is 0 Å². The van der Waals surface area contributed by atoms with Gasteiger partial charge in [-0.3, -0.25) is 5.10 Å². The Morgan fingerprint density at radius 3 is 2.70 bits per heavy atom. The van der Waals surface area contributed by atoms with Crippen molar-refractivity contribution >= 4 is 0 Å². The fourth-order valence-electron chi connectivity index (χ4n) is 2.82. The van der Waals surface area contributed by atoms with Crippen LogP contribution in [0.5, 0.6) is 5.88 Å². The number of nitrogens with two attached hydrogens (primary N) is 1. The summed E-state index contributed by atoms with van der Waals surface area (Å²) in [6.07, 6.45) is 0. The zero-order chi connectivity index (χ0) is 14.3. The fraction of sp³-hybridized carbons (Fsp3) is 0.200. The van der Waals surface area contributed by atoms with Gasteiger partial charge in [-0.25, -0.2) is 0 Å². The van der Waals surface area contributed by atoms with Crippen LogP contribution in [-0.4, -0.2) is 10.2 Å². The zero-order valence-electron chi connectivity index (χ0n) is 11.3. The number of benzene rings is 1. The lowest BCUT2D eigenvalue weighted by molar-refractivity contribution is 0.362. The molecule has 2 heterocycles. The summed E-state index contributed by atoms with van der Waals surface area (Å²) in [5.74, 6) is 0.545. The number of allylic oxidation sites excluding steroid dienone is 1. The van der Waals surface area contributed by atoms with Crippen molar-refractivity contribution in [3.8, 4) is 11.9 Å². The molecule has 1 atom stereocenters. The third kappa shape index (κ3) is 1.45. The molecule has 20 heavy (non-hydrogen) atoms. The van der Waals surface area contributed by atoms with E-state index >= 15 is 0 Å². The molecule has 0 amide bonds. The van der Waals surface area contributed by atoms with Gasteiger partial charge in [-0.1, -0.05) is 30.3 Å². The summed E-state index contributed by atoms with van der Waals surface area (Å²) in [4.78, 5) is 0. The number of nitrogens with one attached hydrogen (secondary N) is 1. The molecule has 3 rings (SSSR count). The molecule has 1 aliphatic heterocycles. The van der Waals surface area contributed by atoms with Crippen molar-refractivity contribution in [2.75, 3.05) is 0 Å². The molecule has 0 unspecified atom stereocenters. The largest absolute Gasteiger partial charge is 0.420 e. The minimum Gasteiger partial charge on any atom is -0.420 e. The van der Waals surface area contributed by atoms with Crippen molar-refractivity contribution in [2.45, 2.75) is 19.3 Å². The highest BCUT2D eigenvalue weighted by molar-refractivity contribution is 5.60. The number of hydrogen-bond donors (Lipinski definition) is 2. The van der Waals surface area contributed by atoms with E-state index in [2.05, 4.69) is 16.3 Å². The molecular weight excluding hydrogens is 252 g/mol. The highest BCUT2D eigenvalue weighted by Crippen LogP contribution is 2.47. The normalized spacial score (nSPS) is 21.1. The molecule has 1 aromatic carbocycles. The summed E-state index contributed by atoms with van der Waals surface area (Å²) in [5, 5.41) is 16.5. The van der Waals surface area contributed by atoms with E-state index in [1.54, 1.807) is 0 Å². The summed E-state index contributed by atoms with van der Waals surface area (Å²) in [6.45, 7) is 3.88. The van der Waals surface area contributed by atoms with Crippen molar-refractivity contribution in [2.24, 2.45) is 5.73 Å². The number of fused-ring (bicyclic) bond motifs is 1. The standard InChI is InChI=1S/C15H14N4O/c1-9-12-14(19-18-9)20-13(17)11(8-16)15(12,2)10-6-4-3-5-7-10/h3-7H,17H2,1-2H3,(H,18,19)/t15-/m0/s1. The first kappa shape index (κ1) is 12.3. The molecule has 0 saturated heterocycles. The molecule has 2 aromatic rings. The van der Waals surface area contributed by atoms with Gasteiger partial charge in [-0.05, 0) is 19.4 Å². The van der Waals surface area contributed by atoms with E-state index in [-0.39, 0.29) is 5.88 Å². The van der Waals surface area contributed by atoms with E-state index in [1.807, 2.05) is 44.2 Å². The number of nitrogens with zero attached hydrogens (tertiary/aromatic N) is 2. The van der Waals surface area contributed by atoms with Crippen LogP contribution in [-0.2, 0) is 5.41 Å². The highest BCUT2D eigenvalue weighted by atomic mass is 16.5. The summed E-state index contributed by atoms with van der Waals surface area (Å²) in [5.41, 5.74) is 8.35. The monoisotopic (exact) mass is 266 g/mol. The van der Waals surface area contributed by atoms with Crippen molar-refractivity contribution < 1.29 is 4.74 Å². The van der Waals surface area contributed by atoms with Crippen molar-refractivity contribution in [3.63, 3.8) is 0 Å². The highest BCUT2D eigenvalue weighted by Gasteiger charge is 2.44. The molecule has 0 spiro atoms. The van der Waals surface area contributed by atoms with Gasteiger partial charge >= 0.3 is 0 Å². The molecule has 1 aromatic heterocycles. The van der Waals surface area contributed by atoms with Crippen LogP contribution in [0, 0.1) is 18.3 Å². The maximum Gasteiger partial charge on any atom is 0.244 e. The number of hydrogen-bond acceptors (Lipinski definition) is 4. The number of aromatic nitrogens is 2. The molecule has 1 aliphatic rings. The van der Waals surface area contributed by atoms with Crippen LogP contribution in [0.4, 0.5) is 0 Å². The Morgan fingerprint density at radius 1 is 1.35 bits per heavy atom. The molecule has 5 heteroatoms. The predicted octanol–water partition coefficient (Wildman–Crippen LogP) is 2.11. The van der Waals surface area contributed by atoms with Gasteiger partial charge in [0.15, 0.2) is 0 Å². The average molecular weight is 266 g/mol. The average Bonchev–Trinajstić information content (AvgIpc) is 2.82. The van der Waals surface area contributed by atoms with E-state index in [1.165, 1.54) is 0 Å². The Labute approximate surface area is 116 Å². The van der Waals surface area contributed by atoms with Gasteiger partial charge in [-0.2, -0.15) is 5.26 Å². The van der Waals surface area contributed by atoms with E-state index < -0.39 is 5.41 Å². The van der Waals surface area contributed by atoms with Crippen molar-refractivity contribution in [1.82, 2.24) is 10.2 Å². The molecule has 0 radical (unpaired) electrons. The lowest BCUT2D eigenvalue weighted by atomic mass is 9.70. The Kier molecular flexibility index (Phi) is 2.54. The maximum atomic E-state index is 9.51. The van der Waals surface area contributed by atoms with Crippen LogP contribution < -0.4 is 10.5 Å². The van der Waals surface area contributed by atoms with Crippen LogP contribution >= 0.6 is 0 Å². The lowest BCUT2D eigenvalue weighted by Crippen LogP contribution is -2.34. The van der Waals surface area contributed by atoms with Gasteiger partial charge in [0.1, 0.15) is 11.6 Å². The molecule has 0 fully saturated rings. The number of ether oxygens (including phenoxy) is 1. The SMILES string of the molecule is Cc1[nH]nc2c1[C@@](C)(c1ccccc1)C(C#N)=C(N)O2. The number of aryl methyl sites for hydroxylation is 1. The quantitative estimate of drug-likeness (QED) is 0.827. The Hall–Kier alpha value is -2.74. The smallest absolute Gasteiger partial charge is 0.244 e. The zero-order valence-corrected chi connectivity index (χ0v) is 11.3. The first-order valence-corrected chi connectivity index (χ1v) is 6.28. The third-order valence-corrected chi connectivity index (χ3v) is 3.83. The molecule has 100 valence electrons. The predicted molar refractivity (Wildman–Crippen MR) is 73.7 cm³/mol. The first-order valence-electron chi connectivity index (χ1n) is 6.28. The van der Waals surface area contributed by atoms with E-state index in [9.17, 15) is 5.26 Å². The third-order valence-electron chi connectivity index (χ3n) is 3.83. The molecular formula is C15H14N4O. The second-order valence-electron chi connectivity index (χ2n) is 4.97. The van der Waals surface area contributed by atoms with Gasteiger partial charge in [0.25, 0.3) is 0 Å². The second kappa shape index (κ2) is 4.14. The van der Waals surface area contributed by atoms with Crippen LogP contribution in [0.2, 0.25) is 0 Å². The topological polar surface area (TPSA) is 87.7 Å². The summed E-state index contributed by atoms with van der Waals surface area (Å²) in [7, 11) is 0. The minimum atomic E-state index is -0.662. The Balaban J connectivity index is 2.36. The van der Waals surface area contributed by atoms with E-state index in [0.717, 1.165) is 16.8 Å². The number of aromatic amines is 1. The first-order chi connectivity index (χ1) is 9.59. The van der Waals surface area contributed by atoms with Crippen molar-refractivity contribution in [3.05, 3.63) is 58.6 Å². The van der Waals surface area contributed by atoms with Gasteiger partial charge in [0, 0.05) is 5.69 Å². The van der Waals surface area contributed by atoms with Gasteiger partial charge in [0.2, 0.25) is 11.8 Å². The van der Waals surface area contributed by atoms with Crippen molar-refractivity contribution in [1.29, 1.82) is 5.26 Å². The van der Waals surface area contributed by atoms with Crippen LogP contribution in [0.3, 0.4) is 0 Å². The van der Waals surface area contributed by atoms with E-state index in [4.69, 9.17) is 10.5 Å². The fourth-order valence-corrected chi connectivity index (χ4v) is 2.82. The summed E-state index contributed by atoms with van der Waals surface area (Å²) in [6, 6.07) is 12.0. The van der Waals surface area contributed by atoms with Crippen LogP contribution in [0.1, 0.15) is 23.7 Å².